The van der Waals surface area contributed by atoms with Crippen LogP contribution in [-0.4, -0.2) is 102 Å². The zero-order valence-electron chi connectivity index (χ0n) is 74.3. The average Bonchev–Trinajstić information content (AvgIpc) is 0.916. The number of unbranched alkanes of at least 4 members (excludes halogenated alkanes) is 55. The molecule has 9 N–H and O–H groups in total. The van der Waals surface area contributed by atoms with Gasteiger partial charge in [-0.3, -0.25) is 24.0 Å². The van der Waals surface area contributed by atoms with Crippen LogP contribution in [-0.2, 0) is 24.0 Å². The Morgan fingerprint density at radius 1 is 0.165 bits per heavy atom. The molecule has 0 rings (SSSR count). The molecular formula is C95H192O14. The highest BCUT2D eigenvalue weighted by Gasteiger charge is 2.26. The van der Waals surface area contributed by atoms with E-state index in [1.807, 2.05) is 0 Å². The average molecular weight is 1560 g/mol. The van der Waals surface area contributed by atoms with E-state index in [2.05, 4.69) is 69.2 Å². The first-order valence-corrected chi connectivity index (χ1v) is 46.9. The summed E-state index contributed by atoms with van der Waals surface area (Å²) in [7, 11) is 0. The SMILES string of the molecule is CC(C)CCCCCCCCCCCCCCC(=O)O.CC(C)CCCCCCCCCCCCCCC(=O)O.CC(C)CCCCCCCCCCCCCCC(=O)O.CC(C)CCCCCCCCCCCCCCC(=O)O.CC(C)CCCCCCCCCCCCCCC(=O)O.OCC(CO)(CO)CO. The number of hydrogen-bond acceptors (Lipinski definition) is 9. The van der Waals surface area contributed by atoms with Crippen molar-refractivity contribution in [3.63, 3.8) is 0 Å². The lowest BCUT2D eigenvalue weighted by Crippen LogP contribution is -2.37. The predicted molar refractivity (Wildman–Crippen MR) is 466 cm³/mol. The highest BCUT2D eigenvalue weighted by Crippen LogP contribution is 2.21. The Hall–Kier alpha value is -2.81. The molecule has 0 aliphatic rings. The summed E-state index contributed by atoms with van der Waals surface area (Å²) in [6.45, 7) is 21.4. The topological polar surface area (TPSA) is 267 Å². The highest BCUT2D eigenvalue weighted by atomic mass is 16.4. The van der Waals surface area contributed by atoms with Gasteiger partial charge in [-0.25, -0.2) is 0 Å². The van der Waals surface area contributed by atoms with Gasteiger partial charge in [-0.05, 0) is 61.7 Å². The van der Waals surface area contributed by atoms with Crippen LogP contribution in [0.5, 0.6) is 0 Å². The number of carbonyl (C=O) groups is 5. The molecule has 0 aliphatic heterocycles. The molecule has 0 amide bonds. The van der Waals surface area contributed by atoms with Crippen LogP contribution in [0.2, 0.25) is 0 Å². The van der Waals surface area contributed by atoms with Crippen molar-refractivity contribution >= 4 is 29.8 Å². The maximum atomic E-state index is 10.3. The molecule has 109 heavy (non-hydrogen) atoms. The summed E-state index contributed by atoms with van der Waals surface area (Å²) in [5.74, 6) is 1.06. The molecule has 0 aromatic rings. The van der Waals surface area contributed by atoms with Gasteiger partial charge >= 0.3 is 29.8 Å². The third-order valence-corrected chi connectivity index (χ3v) is 21.0. The van der Waals surface area contributed by atoms with Crippen LogP contribution in [0, 0.1) is 35.0 Å². The van der Waals surface area contributed by atoms with Crippen LogP contribution in [0.15, 0.2) is 0 Å². The molecule has 0 fully saturated rings. The standard InChI is InChI=1S/5C18H36O2.C5H12O4/c5*1-17(2)15-13-11-9-7-5-3-4-6-8-10-12-14-16-18(19)20;6-1-5(2-7,3-8)4-9/h5*17H,3-16H2,1-2H3,(H,19,20);6-9H,1-4H2. The van der Waals surface area contributed by atoms with Gasteiger partial charge in [0.15, 0.2) is 0 Å². The molecule has 14 nitrogen and oxygen atoms in total. The lowest BCUT2D eigenvalue weighted by atomic mass is 9.93. The molecule has 14 heteroatoms. The van der Waals surface area contributed by atoms with Crippen molar-refractivity contribution in [2.45, 2.75) is 519 Å². The Morgan fingerprint density at radius 2 is 0.248 bits per heavy atom. The van der Waals surface area contributed by atoms with Gasteiger partial charge in [0.05, 0.1) is 31.8 Å². The molecule has 0 heterocycles. The van der Waals surface area contributed by atoms with Gasteiger partial charge < -0.3 is 46.0 Å². The maximum Gasteiger partial charge on any atom is 0.303 e. The van der Waals surface area contributed by atoms with Crippen LogP contribution < -0.4 is 0 Å². The summed E-state index contributed by atoms with van der Waals surface area (Å²) in [6.07, 6.45) is 86.6. The van der Waals surface area contributed by atoms with Gasteiger partial charge in [0, 0.05) is 32.1 Å². The lowest BCUT2D eigenvalue weighted by molar-refractivity contribution is -0.138. The number of aliphatic hydroxyl groups is 4. The molecule has 0 radical (unpaired) electrons. The molecule has 0 atom stereocenters. The number of aliphatic carboxylic acids is 5. The smallest absolute Gasteiger partial charge is 0.303 e. The second-order valence-corrected chi connectivity index (χ2v) is 35.0. The zero-order chi connectivity index (χ0) is 82.6. The van der Waals surface area contributed by atoms with E-state index in [0.717, 1.165) is 93.8 Å². The molecule has 656 valence electrons. The van der Waals surface area contributed by atoms with Crippen LogP contribution in [0.1, 0.15) is 519 Å². The van der Waals surface area contributed by atoms with E-state index in [0.29, 0.717) is 32.1 Å². The van der Waals surface area contributed by atoms with Gasteiger partial charge in [0.25, 0.3) is 0 Å². The molecular weight excluding hydrogens is 1370 g/mol. The Bertz CT molecular complexity index is 1480. The zero-order valence-corrected chi connectivity index (χ0v) is 74.3. The maximum absolute atomic E-state index is 10.3. The largest absolute Gasteiger partial charge is 0.481 e. The predicted octanol–water partition coefficient (Wildman–Crippen LogP) is 28.9. The summed E-state index contributed by atoms with van der Waals surface area (Å²) >= 11 is 0. The van der Waals surface area contributed by atoms with E-state index in [9.17, 15) is 24.0 Å². The van der Waals surface area contributed by atoms with Crippen LogP contribution in [0.4, 0.5) is 0 Å². The molecule has 0 bridgehead atoms. The van der Waals surface area contributed by atoms with E-state index >= 15 is 0 Å². The molecule has 0 spiro atoms. The van der Waals surface area contributed by atoms with Crippen molar-refractivity contribution in [2.24, 2.45) is 35.0 Å². The number of carboxylic acids is 5. The summed E-state index contributed by atoms with van der Waals surface area (Å²) in [5.41, 5.74) is -1.11. The first kappa shape index (κ1) is 117. The van der Waals surface area contributed by atoms with E-state index in [4.69, 9.17) is 46.0 Å². The minimum atomic E-state index is -1.11. The Balaban J connectivity index is -0.000000295. The van der Waals surface area contributed by atoms with Crippen molar-refractivity contribution in [3.05, 3.63) is 0 Å². The van der Waals surface area contributed by atoms with Crippen molar-refractivity contribution in [1.29, 1.82) is 0 Å². The van der Waals surface area contributed by atoms with Crippen molar-refractivity contribution in [2.75, 3.05) is 26.4 Å². The minimum absolute atomic E-state index is 0.344. The summed E-state index contributed by atoms with van der Waals surface area (Å²) in [5, 5.41) is 76.6. The molecule has 0 aromatic heterocycles. The second-order valence-electron chi connectivity index (χ2n) is 35.0. The fourth-order valence-corrected chi connectivity index (χ4v) is 13.3. The molecule has 0 aliphatic carbocycles. The third-order valence-electron chi connectivity index (χ3n) is 21.0. The van der Waals surface area contributed by atoms with E-state index < -0.39 is 61.7 Å². The Labute approximate surface area is 676 Å². The number of rotatable bonds is 79. The molecule has 0 unspecified atom stereocenters. The van der Waals surface area contributed by atoms with Gasteiger partial charge in [-0.15, -0.1) is 0 Å². The van der Waals surface area contributed by atoms with Crippen molar-refractivity contribution in [1.82, 2.24) is 0 Å². The summed E-state index contributed by atoms with van der Waals surface area (Å²) in [6, 6.07) is 0. The number of hydrogen-bond donors (Lipinski definition) is 9. The van der Waals surface area contributed by atoms with Crippen molar-refractivity contribution in [3.8, 4) is 0 Å². The molecule has 0 aromatic carbocycles. The van der Waals surface area contributed by atoms with Crippen LogP contribution >= 0.6 is 0 Å². The van der Waals surface area contributed by atoms with Gasteiger partial charge in [-0.1, -0.05) is 454 Å². The Morgan fingerprint density at radius 3 is 0.312 bits per heavy atom. The second kappa shape index (κ2) is 99.4. The van der Waals surface area contributed by atoms with Gasteiger partial charge in [-0.2, -0.15) is 0 Å². The van der Waals surface area contributed by atoms with Gasteiger partial charge in [0.2, 0.25) is 0 Å². The van der Waals surface area contributed by atoms with Gasteiger partial charge in [0.1, 0.15) is 0 Å². The fraction of sp³-hybridized carbons (Fsp3) is 0.947. The van der Waals surface area contributed by atoms with Crippen LogP contribution in [0.25, 0.3) is 0 Å². The van der Waals surface area contributed by atoms with E-state index in [1.165, 1.54) is 353 Å². The third kappa shape index (κ3) is 126. The number of carboxylic acid groups (broad SMARTS) is 5. The Kier molecular flexibility index (Phi) is 107. The quantitative estimate of drug-likeness (QED) is 0.0257. The lowest BCUT2D eigenvalue weighted by Gasteiger charge is -2.23. The number of aliphatic hydroxyl groups excluding tert-OH is 4. The first-order chi connectivity index (χ1) is 52.4. The van der Waals surface area contributed by atoms with E-state index in [1.54, 1.807) is 0 Å². The summed E-state index contributed by atoms with van der Waals surface area (Å²) in [4.78, 5) is 51.7. The first-order valence-electron chi connectivity index (χ1n) is 46.9. The molecule has 0 saturated carbocycles. The monoisotopic (exact) mass is 1560 g/mol. The minimum Gasteiger partial charge on any atom is -0.481 e. The van der Waals surface area contributed by atoms with Crippen LogP contribution in [0.3, 0.4) is 0 Å². The van der Waals surface area contributed by atoms with E-state index in [-0.39, 0.29) is 0 Å². The fourth-order valence-electron chi connectivity index (χ4n) is 13.3. The molecule has 0 saturated heterocycles. The normalized spacial score (nSPS) is 11.2. The summed E-state index contributed by atoms with van der Waals surface area (Å²) < 4.78 is 0. The van der Waals surface area contributed by atoms with Crippen molar-refractivity contribution < 1.29 is 69.9 Å². The highest BCUT2D eigenvalue weighted by molar-refractivity contribution is 5.67.